The molecule has 4 heterocycles. The standard InChI is InChI=1S/C20H18N6/c1-13-4-7-19-23-24-20(26(19)25-13)10-14-5-6-18-15(9-14)11-16(12-22-18)17-3-2-8-21-17/h2,4-9,11-12,17,21H,3,10H2,1H3. The van der Waals surface area contributed by atoms with Gasteiger partial charge in [0.1, 0.15) is 0 Å². The van der Waals surface area contributed by atoms with Gasteiger partial charge in [-0.3, -0.25) is 4.98 Å². The van der Waals surface area contributed by atoms with E-state index in [0.29, 0.717) is 12.5 Å². The molecule has 6 heteroatoms. The highest BCUT2D eigenvalue weighted by molar-refractivity contribution is 5.80. The Hall–Kier alpha value is -3.28. The van der Waals surface area contributed by atoms with E-state index < -0.39 is 0 Å². The van der Waals surface area contributed by atoms with Crippen molar-refractivity contribution in [2.45, 2.75) is 25.8 Å². The van der Waals surface area contributed by atoms with Gasteiger partial charge in [-0.1, -0.05) is 12.1 Å². The molecule has 0 amide bonds. The predicted octanol–water partition coefficient (Wildman–Crippen LogP) is 3.12. The Morgan fingerprint density at radius 3 is 3.00 bits per heavy atom. The Bertz CT molecular complexity index is 1140. The Kier molecular flexibility index (Phi) is 3.41. The lowest BCUT2D eigenvalue weighted by molar-refractivity contribution is 0.672. The molecule has 1 N–H and O–H groups in total. The molecule has 6 nitrogen and oxygen atoms in total. The monoisotopic (exact) mass is 342 g/mol. The summed E-state index contributed by atoms with van der Waals surface area (Å²) in [6.45, 7) is 1.97. The van der Waals surface area contributed by atoms with E-state index in [2.05, 4.69) is 55.9 Å². The highest BCUT2D eigenvalue weighted by Crippen LogP contribution is 2.24. The number of pyridine rings is 1. The van der Waals surface area contributed by atoms with E-state index in [0.717, 1.165) is 34.5 Å². The zero-order valence-electron chi connectivity index (χ0n) is 14.4. The number of aryl methyl sites for hydroxylation is 1. The lowest BCUT2D eigenvalue weighted by Crippen LogP contribution is -2.09. The number of nitrogens with zero attached hydrogens (tertiary/aromatic N) is 5. The van der Waals surface area contributed by atoms with Crippen molar-refractivity contribution in [2.75, 3.05) is 0 Å². The highest BCUT2D eigenvalue weighted by Gasteiger charge is 2.13. The van der Waals surface area contributed by atoms with Crippen LogP contribution in [0.15, 0.2) is 54.9 Å². The molecule has 1 unspecified atom stereocenters. The maximum absolute atomic E-state index is 4.61. The van der Waals surface area contributed by atoms with Gasteiger partial charge in [-0.2, -0.15) is 9.61 Å². The average Bonchev–Trinajstić information content (AvgIpc) is 3.32. The maximum atomic E-state index is 4.61. The van der Waals surface area contributed by atoms with Gasteiger partial charge in [0, 0.05) is 18.0 Å². The van der Waals surface area contributed by atoms with E-state index in [1.807, 2.05) is 36.0 Å². The number of nitrogens with one attached hydrogen (secondary N) is 1. The van der Waals surface area contributed by atoms with Crippen LogP contribution in [-0.4, -0.2) is 24.8 Å². The van der Waals surface area contributed by atoms with Gasteiger partial charge in [-0.15, -0.1) is 10.2 Å². The third-order valence-electron chi connectivity index (χ3n) is 4.78. The molecule has 3 aromatic heterocycles. The van der Waals surface area contributed by atoms with Crippen molar-refractivity contribution < 1.29 is 0 Å². The Labute approximate surface area is 150 Å². The van der Waals surface area contributed by atoms with E-state index in [1.165, 1.54) is 11.1 Å². The van der Waals surface area contributed by atoms with Gasteiger partial charge in [0.15, 0.2) is 11.5 Å². The van der Waals surface area contributed by atoms with Crippen LogP contribution in [0.2, 0.25) is 0 Å². The fourth-order valence-electron chi connectivity index (χ4n) is 3.41. The molecular weight excluding hydrogens is 324 g/mol. The van der Waals surface area contributed by atoms with Gasteiger partial charge in [-0.25, -0.2) is 0 Å². The summed E-state index contributed by atoms with van der Waals surface area (Å²) >= 11 is 0. The van der Waals surface area contributed by atoms with Gasteiger partial charge in [-0.05, 0) is 61.0 Å². The van der Waals surface area contributed by atoms with Crippen molar-refractivity contribution in [1.82, 2.24) is 30.1 Å². The minimum Gasteiger partial charge on any atom is -0.384 e. The van der Waals surface area contributed by atoms with Crippen LogP contribution in [-0.2, 0) is 6.42 Å². The third-order valence-corrected chi connectivity index (χ3v) is 4.78. The highest BCUT2D eigenvalue weighted by atomic mass is 15.4. The molecule has 0 aliphatic carbocycles. The van der Waals surface area contributed by atoms with E-state index in [-0.39, 0.29) is 0 Å². The SMILES string of the molecule is Cc1ccc2nnc(Cc3ccc4ncc(C5CC=CN5)cc4c3)n2n1. The van der Waals surface area contributed by atoms with Gasteiger partial charge >= 0.3 is 0 Å². The zero-order chi connectivity index (χ0) is 17.5. The first-order chi connectivity index (χ1) is 12.8. The molecule has 1 atom stereocenters. The van der Waals surface area contributed by atoms with Crippen molar-refractivity contribution >= 4 is 16.6 Å². The molecule has 0 fully saturated rings. The average molecular weight is 342 g/mol. The molecule has 4 aromatic rings. The fraction of sp³-hybridized carbons (Fsp3) is 0.200. The lowest BCUT2D eigenvalue weighted by atomic mass is 10.0. The van der Waals surface area contributed by atoms with Crippen LogP contribution in [0.1, 0.15) is 35.1 Å². The topological polar surface area (TPSA) is 68.0 Å². The number of hydrogen-bond acceptors (Lipinski definition) is 5. The van der Waals surface area contributed by atoms with Crippen molar-refractivity contribution in [3.8, 4) is 0 Å². The second kappa shape index (κ2) is 5.91. The van der Waals surface area contributed by atoms with Crippen molar-refractivity contribution in [3.05, 3.63) is 77.5 Å². The van der Waals surface area contributed by atoms with E-state index >= 15 is 0 Å². The van der Waals surface area contributed by atoms with Crippen molar-refractivity contribution in [1.29, 1.82) is 0 Å². The second-order valence-corrected chi connectivity index (χ2v) is 6.69. The molecule has 0 saturated carbocycles. The van der Waals surface area contributed by atoms with Gasteiger partial charge < -0.3 is 5.32 Å². The lowest BCUT2D eigenvalue weighted by Gasteiger charge is -2.12. The third kappa shape index (κ3) is 2.60. The summed E-state index contributed by atoms with van der Waals surface area (Å²) in [5.74, 6) is 0.842. The minimum atomic E-state index is 0.322. The van der Waals surface area contributed by atoms with Gasteiger partial charge in [0.2, 0.25) is 0 Å². The number of aromatic nitrogens is 5. The summed E-state index contributed by atoms with van der Waals surface area (Å²) in [5.41, 5.74) is 5.11. The number of benzene rings is 1. The molecule has 5 rings (SSSR count). The largest absolute Gasteiger partial charge is 0.384 e. The minimum absolute atomic E-state index is 0.322. The Morgan fingerprint density at radius 1 is 1.15 bits per heavy atom. The van der Waals surface area contributed by atoms with E-state index in [4.69, 9.17) is 0 Å². The number of rotatable bonds is 3. The molecule has 1 aromatic carbocycles. The first-order valence-electron chi connectivity index (χ1n) is 8.74. The Morgan fingerprint density at radius 2 is 2.12 bits per heavy atom. The van der Waals surface area contributed by atoms with Crippen LogP contribution < -0.4 is 5.32 Å². The van der Waals surface area contributed by atoms with Gasteiger partial charge in [0.25, 0.3) is 0 Å². The molecule has 0 saturated heterocycles. The molecular formula is C20H18N6. The maximum Gasteiger partial charge on any atom is 0.177 e. The molecule has 26 heavy (non-hydrogen) atoms. The van der Waals surface area contributed by atoms with Crippen molar-refractivity contribution in [2.24, 2.45) is 0 Å². The second-order valence-electron chi connectivity index (χ2n) is 6.69. The summed E-state index contributed by atoms with van der Waals surface area (Å²) in [7, 11) is 0. The quantitative estimate of drug-likeness (QED) is 0.619. The van der Waals surface area contributed by atoms with Crippen LogP contribution in [0.3, 0.4) is 0 Å². The van der Waals surface area contributed by atoms with E-state index in [1.54, 1.807) is 0 Å². The first kappa shape index (κ1) is 15.0. The molecule has 0 bridgehead atoms. The van der Waals surface area contributed by atoms with Crippen LogP contribution in [0, 0.1) is 6.92 Å². The van der Waals surface area contributed by atoms with Crippen LogP contribution in [0.4, 0.5) is 0 Å². The summed E-state index contributed by atoms with van der Waals surface area (Å²) in [4.78, 5) is 4.61. The number of hydrogen-bond donors (Lipinski definition) is 1. The molecule has 128 valence electrons. The fourth-order valence-corrected chi connectivity index (χ4v) is 3.41. The smallest absolute Gasteiger partial charge is 0.177 e. The number of fused-ring (bicyclic) bond motifs is 2. The molecule has 1 aliphatic rings. The van der Waals surface area contributed by atoms with Crippen LogP contribution >= 0.6 is 0 Å². The Balaban J connectivity index is 1.50. The van der Waals surface area contributed by atoms with Crippen LogP contribution in [0.5, 0.6) is 0 Å². The summed E-state index contributed by atoms with van der Waals surface area (Å²) in [6.07, 6.45) is 7.81. The van der Waals surface area contributed by atoms with Crippen molar-refractivity contribution in [3.63, 3.8) is 0 Å². The van der Waals surface area contributed by atoms with Crippen LogP contribution in [0.25, 0.3) is 16.6 Å². The summed E-state index contributed by atoms with van der Waals surface area (Å²) in [6, 6.07) is 12.8. The van der Waals surface area contributed by atoms with Gasteiger partial charge in [0.05, 0.1) is 17.3 Å². The molecule has 0 spiro atoms. The molecule has 0 radical (unpaired) electrons. The normalized spacial score (nSPS) is 16.4. The zero-order valence-corrected chi connectivity index (χ0v) is 14.4. The summed E-state index contributed by atoms with van der Waals surface area (Å²) < 4.78 is 1.82. The predicted molar refractivity (Wildman–Crippen MR) is 99.7 cm³/mol. The van der Waals surface area contributed by atoms with E-state index in [9.17, 15) is 0 Å². The first-order valence-corrected chi connectivity index (χ1v) is 8.74. The molecule has 1 aliphatic heterocycles. The summed E-state index contributed by atoms with van der Waals surface area (Å²) in [5, 5.41) is 17.5.